The lowest BCUT2D eigenvalue weighted by molar-refractivity contribution is -0.144. The summed E-state index contributed by atoms with van der Waals surface area (Å²) in [5.41, 5.74) is 0.508. The Bertz CT molecular complexity index is 545. The number of likely N-dealkylation sites (tertiary alicyclic amines) is 1. The molecule has 2 amide bonds. The molecular formula is C14H13FN2O2. The predicted molar refractivity (Wildman–Crippen MR) is 65.1 cm³/mol. The first-order chi connectivity index (χ1) is 9.11. The molecule has 1 fully saturated rings. The fourth-order valence-corrected chi connectivity index (χ4v) is 2.07. The Morgan fingerprint density at radius 2 is 1.84 bits per heavy atom. The monoisotopic (exact) mass is 260 g/mol. The van der Waals surface area contributed by atoms with Gasteiger partial charge in [-0.05, 0) is 31.0 Å². The van der Waals surface area contributed by atoms with Crippen molar-refractivity contribution in [2.24, 2.45) is 0 Å². The van der Waals surface area contributed by atoms with E-state index < -0.39 is 5.82 Å². The number of hydrogen-bond acceptors (Lipinski definition) is 3. The van der Waals surface area contributed by atoms with Gasteiger partial charge in [-0.1, -0.05) is 0 Å². The molecule has 0 unspecified atom stereocenters. The molecule has 98 valence electrons. The number of halogens is 1. The minimum absolute atomic E-state index is 0.0982. The number of amides is 2. The highest BCUT2D eigenvalue weighted by Crippen LogP contribution is 2.18. The summed E-state index contributed by atoms with van der Waals surface area (Å²) in [6.45, 7) is -0.0982. The van der Waals surface area contributed by atoms with Gasteiger partial charge in [0.25, 0.3) is 0 Å². The zero-order valence-electron chi connectivity index (χ0n) is 10.4. The van der Waals surface area contributed by atoms with E-state index in [1.54, 1.807) is 0 Å². The molecule has 19 heavy (non-hydrogen) atoms. The van der Waals surface area contributed by atoms with Crippen LogP contribution in [0.4, 0.5) is 4.39 Å². The van der Waals surface area contributed by atoms with Gasteiger partial charge >= 0.3 is 0 Å². The van der Waals surface area contributed by atoms with Crippen molar-refractivity contribution in [1.29, 1.82) is 5.26 Å². The van der Waals surface area contributed by atoms with Crippen molar-refractivity contribution < 1.29 is 14.0 Å². The molecular weight excluding hydrogens is 247 g/mol. The lowest BCUT2D eigenvalue weighted by atomic mass is 10.1. The normalized spacial score (nSPS) is 16.1. The number of benzene rings is 1. The molecule has 1 aromatic rings. The van der Waals surface area contributed by atoms with Crippen LogP contribution in [0.15, 0.2) is 18.2 Å². The van der Waals surface area contributed by atoms with Crippen LogP contribution in [-0.2, 0) is 16.1 Å². The summed E-state index contributed by atoms with van der Waals surface area (Å²) < 4.78 is 13.7. The van der Waals surface area contributed by atoms with E-state index in [9.17, 15) is 14.0 Å². The van der Waals surface area contributed by atoms with Gasteiger partial charge in [-0.3, -0.25) is 14.5 Å². The first-order valence-electron chi connectivity index (χ1n) is 6.13. The molecule has 0 radical (unpaired) electrons. The van der Waals surface area contributed by atoms with Gasteiger partial charge in [0.05, 0.1) is 18.2 Å². The number of hydrogen-bond donors (Lipinski definition) is 0. The summed E-state index contributed by atoms with van der Waals surface area (Å²) in [7, 11) is 0. The highest BCUT2D eigenvalue weighted by atomic mass is 19.1. The van der Waals surface area contributed by atoms with Crippen molar-refractivity contribution in [3.05, 3.63) is 35.1 Å². The predicted octanol–water partition coefficient (Wildman–Crippen LogP) is 2.13. The summed E-state index contributed by atoms with van der Waals surface area (Å²) in [6, 6.07) is 5.83. The van der Waals surface area contributed by atoms with Crippen LogP contribution < -0.4 is 0 Å². The molecule has 5 heteroatoms. The van der Waals surface area contributed by atoms with Crippen LogP contribution in [0.1, 0.15) is 36.8 Å². The van der Waals surface area contributed by atoms with E-state index in [2.05, 4.69) is 0 Å². The largest absolute Gasteiger partial charge is 0.278 e. The average Bonchev–Trinajstić information content (AvgIpc) is 2.56. The Morgan fingerprint density at radius 1 is 1.21 bits per heavy atom. The third kappa shape index (κ3) is 2.97. The molecule has 0 spiro atoms. The third-order valence-corrected chi connectivity index (χ3v) is 3.14. The molecule has 0 atom stereocenters. The number of rotatable bonds is 2. The van der Waals surface area contributed by atoms with Crippen LogP contribution in [0, 0.1) is 17.1 Å². The van der Waals surface area contributed by atoms with E-state index in [4.69, 9.17) is 5.26 Å². The Hall–Kier alpha value is -2.22. The Balaban J connectivity index is 2.26. The minimum Gasteiger partial charge on any atom is -0.278 e. The fourth-order valence-electron chi connectivity index (χ4n) is 2.07. The van der Waals surface area contributed by atoms with E-state index in [1.165, 1.54) is 18.2 Å². The lowest BCUT2D eigenvalue weighted by Gasteiger charge is -2.19. The molecule has 0 bridgehead atoms. The van der Waals surface area contributed by atoms with Gasteiger partial charge in [-0.25, -0.2) is 4.39 Å². The highest BCUT2D eigenvalue weighted by Gasteiger charge is 2.25. The van der Waals surface area contributed by atoms with Crippen molar-refractivity contribution in [3.8, 4) is 6.07 Å². The van der Waals surface area contributed by atoms with Crippen LogP contribution in [0.2, 0.25) is 0 Å². The first kappa shape index (κ1) is 13.2. The molecule has 1 aromatic carbocycles. The van der Waals surface area contributed by atoms with Crippen molar-refractivity contribution >= 4 is 11.8 Å². The van der Waals surface area contributed by atoms with Crippen molar-refractivity contribution in [3.63, 3.8) is 0 Å². The van der Waals surface area contributed by atoms with Crippen LogP contribution in [0.3, 0.4) is 0 Å². The number of carbonyl (C=O) groups excluding carboxylic acids is 2. The summed E-state index contributed by atoms with van der Waals surface area (Å²) in [4.78, 5) is 24.7. The van der Waals surface area contributed by atoms with E-state index in [-0.39, 0.29) is 23.9 Å². The maximum atomic E-state index is 13.7. The zero-order valence-corrected chi connectivity index (χ0v) is 10.4. The van der Waals surface area contributed by atoms with E-state index >= 15 is 0 Å². The maximum Gasteiger partial charge on any atom is 0.229 e. The van der Waals surface area contributed by atoms with E-state index in [0.717, 1.165) is 4.90 Å². The van der Waals surface area contributed by atoms with Gasteiger partial charge in [-0.2, -0.15) is 5.26 Å². The molecule has 1 heterocycles. The highest BCUT2D eigenvalue weighted by molar-refractivity contribution is 5.95. The summed E-state index contributed by atoms with van der Waals surface area (Å²) in [6.07, 6.45) is 1.99. The Labute approximate surface area is 110 Å². The van der Waals surface area contributed by atoms with Gasteiger partial charge in [-0.15, -0.1) is 0 Å². The van der Waals surface area contributed by atoms with Gasteiger partial charge in [0.2, 0.25) is 11.8 Å². The molecule has 4 nitrogen and oxygen atoms in total. The molecule has 1 aliphatic rings. The van der Waals surface area contributed by atoms with Crippen molar-refractivity contribution in [1.82, 2.24) is 4.90 Å². The molecule has 0 aliphatic carbocycles. The van der Waals surface area contributed by atoms with Gasteiger partial charge in [0, 0.05) is 18.4 Å². The zero-order chi connectivity index (χ0) is 13.8. The second-order valence-electron chi connectivity index (χ2n) is 4.50. The number of nitrogens with zero attached hydrogens (tertiary/aromatic N) is 2. The molecule has 0 saturated carbocycles. The number of nitriles is 1. The van der Waals surface area contributed by atoms with E-state index in [0.29, 0.717) is 31.2 Å². The molecule has 1 aliphatic heterocycles. The van der Waals surface area contributed by atoms with Crippen LogP contribution in [0.5, 0.6) is 0 Å². The van der Waals surface area contributed by atoms with Gasteiger partial charge < -0.3 is 0 Å². The third-order valence-electron chi connectivity index (χ3n) is 3.14. The average molecular weight is 260 g/mol. The summed E-state index contributed by atoms with van der Waals surface area (Å²) >= 11 is 0. The maximum absolute atomic E-state index is 13.7. The molecule has 2 rings (SSSR count). The standard InChI is InChI=1S/C14H13FN2O2/c15-12-6-5-10(8-16)7-11(12)9-17-13(18)3-1-2-4-14(17)19/h5-7H,1-4,9H2. The fraction of sp³-hybridized carbons (Fsp3) is 0.357. The van der Waals surface area contributed by atoms with Crippen LogP contribution in [-0.4, -0.2) is 16.7 Å². The van der Waals surface area contributed by atoms with Crippen molar-refractivity contribution in [2.75, 3.05) is 0 Å². The summed E-state index contributed by atoms with van der Waals surface area (Å²) in [5, 5.41) is 8.79. The Kier molecular flexibility index (Phi) is 3.91. The topological polar surface area (TPSA) is 61.2 Å². The molecule has 0 aromatic heterocycles. The van der Waals surface area contributed by atoms with E-state index in [1.807, 2.05) is 6.07 Å². The first-order valence-corrected chi connectivity index (χ1v) is 6.13. The second-order valence-corrected chi connectivity index (χ2v) is 4.50. The smallest absolute Gasteiger partial charge is 0.229 e. The molecule has 1 saturated heterocycles. The van der Waals surface area contributed by atoms with Gasteiger partial charge in [0.1, 0.15) is 5.82 Å². The molecule has 0 N–H and O–H groups in total. The second kappa shape index (κ2) is 5.61. The summed E-state index contributed by atoms with van der Waals surface area (Å²) in [5.74, 6) is -1.06. The quantitative estimate of drug-likeness (QED) is 0.765. The number of carbonyl (C=O) groups is 2. The SMILES string of the molecule is N#Cc1ccc(F)c(CN2C(=O)CCCCC2=O)c1. The minimum atomic E-state index is -0.510. The van der Waals surface area contributed by atoms with Crippen LogP contribution >= 0.6 is 0 Å². The van der Waals surface area contributed by atoms with Crippen molar-refractivity contribution in [2.45, 2.75) is 32.2 Å². The van der Waals surface area contributed by atoms with Gasteiger partial charge in [0.15, 0.2) is 0 Å². The Morgan fingerprint density at radius 3 is 2.42 bits per heavy atom. The number of imide groups is 1. The lowest BCUT2D eigenvalue weighted by Crippen LogP contribution is -2.34. The van der Waals surface area contributed by atoms with Crippen LogP contribution in [0.25, 0.3) is 0 Å².